The van der Waals surface area contributed by atoms with Crippen molar-refractivity contribution in [2.24, 2.45) is 0 Å². The van der Waals surface area contributed by atoms with Crippen LogP contribution in [0.3, 0.4) is 0 Å². The number of ether oxygens (including phenoxy) is 1. The van der Waals surface area contributed by atoms with Crippen LogP contribution in [0.1, 0.15) is 5.56 Å². The van der Waals surface area contributed by atoms with E-state index in [1.165, 1.54) is 21.6 Å². The maximum absolute atomic E-state index is 11.6. The Morgan fingerprint density at radius 2 is 2.05 bits per heavy atom. The van der Waals surface area contributed by atoms with Gasteiger partial charge in [0.25, 0.3) is 0 Å². The second-order valence-corrected chi connectivity index (χ2v) is 6.51. The summed E-state index contributed by atoms with van der Waals surface area (Å²) in [6, 6.07) is 8.21. The largest absolute Gasteiger partial charge is 0.480 e. The first-order valence-corrected chi connectivity index (χ1v) is 8.67. The Kier molecular flexibility index (Phi) is 8.45. The molecule has 2 N–H and O–H groups in total. The number of nitrogens with one attached hydrogen (secondary N) is 1. The first-order chi connectivity index (χ1) is 10.1. The van der Waals surface area contributed by atoms with Crippen LogP contribution in [0.15, 0.2) is 43.0 Å². The van der Waals surface area contributed by atoms with Gasteiger partial charge in [-0.1, -0.05) is 58.0 Å². The zero-order valence-corrected chi connectivity index (χ0v) is 13.0. The van der Waals surface area contributed by atoms with Crippen molar-refractivity contribution < 1.29 is 19.4 Å². The predicted molar refractivity (Wildman–Crippen MR) is 86.3 cm³/mol. The number of carbonyl (C=O) groups is 2. The van der Waals surface area contributed by atoms with Crippen LogP contribution in [0.25, 0.3) is 0 Å². The van der Waals surface area contributed by atoms with Crippen molar-refractivity contribution in [2.75, 3.05) is 11.5 Å². The minimum absolute atomic E-state index is 0.109. The van der Waals surface area contributed by atoms with Gasteiger partial charge in [0.05, 0.1) is 0 Å². The molecule has 0 unspecified atom stereocenters. The zero-order chi connectivity index (χ0) is 15.5. The maximum atomic E-state index is 11.6. The lowest BCUT2D eigenvalue weighted by molar-refractivity contribution is -0.138. The molecule has 0 radical (unpaired) electrons. The summed E-state index contributed by atoms with van der Waals surface area (Å²) in [5.74, 6) is -0.109. The molecular weight excluding hydrogens is 310 g/mol. The molecule has 0 saturated heterocycles. The summed E-state index contributed by atoms with van der Waals surface area (Å²) in [4.78, 5) is 22.7. The standard InChI is InChI=1S/C14H17NO4S2/c1-2-8-20-21-10-12(13(16)17)15-14(18)19-9-11-6-4-3-5-7-11/h2-7,12H,1,8-10H2,(H,15,18)(H,16,17)/t12-/m0/s1. The van der Waals surface area contributed by atoms with Crippen molar-refractivity contribution in [1.82, 2.24) is 5.32 Å². The van der Waals surface area contributed by atoms with E-state index in [4.69, 9.17) is 9.84 Å². The number of carbonyl (C=O) groups excluding carboxylic acids is 1. The van der Waals surface area contributed by atoms with Crippen LogP contribution in [0.4, 0.5) is 4.79 Å². The summed E-state index contributed by atoms with van der Waals surface area (Å²) >= 11 is 0. The number of benzene rings is 1. The summed E-state index contributed by atoms with van der Waals surface area (Å²) in [5, 5.41) is 11.4. The molecule has 7 heteroatoms. The van der Waals surface area contributed by atoms with Gasteiger partial charge < -0.3 is 15.2 Å². The molecule has 0 aromatic heterocycles. The highest BCUT2D eigenvalue weighted by molar-refractivity contribution is 8.76. The molecule has 1 aromatic carbocycles. The third-order valence-electron chi connectivity index (χ3n) is 2.31. The van der Waals surface area contributed by atoms with E-state index in [0.29, 0.717) is 0 Å². The molecule has 0 heterocycles. The molecule has 0 saturated carbocycles. The Morgan fingerprint density at radius 3 is 2.67 bits per heavy atom. The van der Waals surface area contributed by atoms with Crippen LogP contribution in [0.2, 0.25) is 0 Å². The van der Waals surface area contributed by atoms with Gasteiger partial charge in [-0.3, -0.25) is 0 Å². The van der Waals surface area contributed by atoms with Gasteiger partial charge in [0.1, 0.15) is 12.6 Å². The van der Waals surface area contributed by atoms with Gasteiger partial charge in [0.2, 0.25) is 0 Å². The summed E-state index contributed by atoms with van der Waals surface area (Å²) in [5.41, 5.74) is 0.843. The van der Waals surface area contributed by atoms with Crippen molar-refractivity contribution in [3.05, 3.63) is 48.6 Å². The van der Waals surface area contributed by atoms with Crippen LogP contribution >= 0.6 is 21.6 Å². The lowest BCUT2D eigenvalue weighted by Gasteiger charge is -2.13. The molecule has 0 aliphatic heterocycles. The van der Waals surface area contributed by atoms with E-state index in [9.17, 15) is 9.59 Å². The van der Waals surface area contributed by atoms with E-state index in [2.05, 4.69) is 11.9 Å². The van der Waals surface area contributed by atoms with Gasteiger partial charge in [-0.15, -0.1) is 6.58 Å². The Labute approximate surface area is 131 Å². The van der Waals surface area contributed by atoms with Crippen LogP contribution in [0.5, 0.6) is 0 Å². The Balaban J connectivity index is 2.34. The number of hydrogen-bond acceptors (Lipinski definition) is 5. The quantitative estimate of drug-likeness (QED) is 0.413. The molecule has 114 valence electrons. The molecule has 1 rings (SSSR count). The van der Waals surface area contributed by atoms with Crippen molar-refractivity contribution in [2.45, 2.75) is 12.6 Å². The van der Waals surface area contributed by atoms with E-state index in [-0.39, 0.29) is 12.4 Å². The van der Waals surface area contributed by atoms with Gasteiger partial charge in [0.15, 0.2) is 0 Å². The fourth-order valence-corrected chi connectivity index (χ4v) is 3.22. The predicted octanol–water partition coefficient (Wildman–Crippen LogP) is 2.93. The van der Waals surface area contributed by atoms with Crippen molar-refractivity contribution in [1.29, 1.82) is 0 Å². The molecule has 0 fully saturated rings. The Bertz CT molecular complexity index is 467. The monoisotopic (exact) mass is 327 g/mol. The van der Waals surface area contributed by atoms with Gasteiger partial charge in [-0.25, -0.2) is 9.59 Å². The number of hydrogen-bond donors (Lipinski definition) is 2. The number of carboxylic acids is 1. The Morgan fingerprint density at radius 1 is 1.33 bits per heavy atom. The minimum atomic E-state index is -1.08. The summed E-state index contributed by atoms with van der Waals surface area (Å²) in [7, 11) is 2.84. The molecule has 0 spiro atoms. The van der Waals surface area contributed by atoms with Crippen LogP contribution in [0, 0.1) is 0 Å². The lowest BCUT2D eigenvalue weighted by Crippen LogP contribution is -2.42. The third-order valence-corrected chi connectivity index (χ3v) is 4.63. The highest BCUT2D eigenvalue weighted by atomic mass is 33.1. The van der Waals surface area contributed by atoms with Gasteiger partial charge in [-0.2, -0.15) is 0 Å². The second-order valence-electron chi connectivity index (χ2n) is 3.95. The third kappa shape index (κ3) is 7.67. The van der Waals surface area contributed by atoms with E-state index < -0.39 is 18.1 Å². The number of carboxylic acid groups (broad SMARTS) is 1. The molecular formula is C14H17NO4S2. The van der Waals surface area contributed by atoms with Crippen LogP contribution < -0.4 is 5.32 Å². The topological polar surface area (TPSA) is 75.6 Å². The average Bonchev–Trinajstić information content (AvgIpc) is 2.49. The first kappa shape index (κ1) is 17.5. The summed E-state index contributed by atoms with van der Waals surface area (Å²) in [6.07, 6.45) is 0.996. The second kappa shape index (κ2) is 10.2. The first-order valence-electron chi connectivity index (χ1n) is 6.19. The number of rotatable bonds is 9. The number of aliphatic carboxylic acids is 1. The molecule has 0 aliphatic rings. The highest BCUT2D eigenvalue weighted by Crippen LogP contribution is 2.21. The summed E-state index contributed by atoms with van der Waals surface area (Å²) < 4.78 is 4.99. The van der Waals surface area contributed by atoms with Crippen molar-refractivity contribution in [3.8, 4) is 0 Å². The fraction of sp³-hybridized carbons (Fsp3) is 0.286. The maximum Gasteiger partial charge on any atom is 0.408 e. The van der Waals surface area contributed by atoms with E-state index in [0.717, 1.165) is 11.3 Å². The molecule has 1 atom stereocenters. The van der Waals surface area contributed by atoms with Crippen LogP contribution in [-0.4, -0.2) is 34.7 Å². The van der Waals surface area contributed by atoms with Crippen LogP contribution in [-0.2, 0) is 16.1 Å². The summed E-state index contributed by atoms with van der Waals surface area (Å²) in [6.45, 7) is 3.68. The van der Waals surface area contributed by atoms with E-state index >= 15 is 0 Å². The normalized spacial score (nSPS) is 11.4. The molecule has 1 aromatic rings. The SMILES string of the molecule is C=CCSSC[C@H](NC(=O)OCc1ccccc1)C(=O)O. The van der Waals surface area contributed by atoms with Crippen molar-refractivity contribution in [3.63, 3.8) is 0 Å². The smallest absolute Gasteiger partial charge is 0.408 e. The van der Waals surface area contributed by atoms with Gasteiger partial charge >= 0.3 is 12.1 Å². The van der Waals surface area contributed by atoms with E-state index in [1.807, 2.05) is 30.3 Å². The van der Waals surface area contributed by atoms with Gasteiger partial charge in [-0.05, 0) is 5.56 Å². The molecule has 21 heavy (non-hydrogen) atoms. The highest BCUT2D eigenvalue weighted by Gasteiger charge is 2.20. The molecule has 0 aliphatic carbocycles. The van der Waals surface area contributed by atoms with E-state index in [1.54, 1.807) is 6.08 Å². The Hall–Kier alpha value is -1.60. The fourth-order valence-electron chi connectivity index (χ4n) is 1.29. The number of amides is 1. The minimum Gasteiger partial charge on any atom is -0.480 e. The number of alkyl carbamates (subject to hydrolysis) is 1. The van der Waals surface area contributed by atoms with Gasteiger partial charge in [0, 0.05) is 11.5 Å². The molecule has 5 nitrogen and oxygen atoms in total. The zero-order valence-electron chi connectivity index (χ0n) is 11.4. The van der Waals surface area contributed by atoms with Crippen molar-refractivity contribution >= 4 is 33.7 Å². The molecule has 0 bridgehead atoms. The molecule has 1 amide bonds. The average molecular weight is 327 g/mol. The lowest BCUT2D eigenvalue weighted by atomic mass is 10.2.